The van der Waals surface area contributed by atoms with Crippen LogP contribution in [0, 0.1) is 6.92 Å². The Balaban J connectivity index is 2.07. The van der Waals surface area contributed by atoms with Gasteiger partial charge < -0.3 is 9.64 Å². The molecule has 114 valence electrons. The molecule has 1 aromatic heterocycles. The zero-order valence-corrected chi connectivity index (χ0v) is 13.1. The van der Waals surface area contributed by atoms with Gasteiger partial charge in [-0.1, -0.05) is 0 Å². The second-order valence-corrected chi connectivity index (χ2v) is 5.46. The second-order valence-electron chi connectivity index (χ2n) is 5.46. The highest BCUT2D eigenvalue weighted by Crippen LogP contribution is 2.29. The fourth-order valence-corrected chi connectivity index (χ4v) is 2.79. The molecule has 3 rings (SSSR count). The molecule has 5 heteroatoms. The molecule has 1 aromatic carbocycles. The predicted octanol–water partition coefficient (Wildman–Crippen LogP) is 2.37. The lowest BCUT2D eigenvalue weighted by Crippen LogP contribution is -2.35. The molecule has 0 fully saturated rings. The first-order chi connectivity index (χ1) is 10.6. The Morgan fingerprint density at radius 2 is 1.95 bits per heavy atom. The van der Waals surface area contributed by atoms with E-state index in [1.54, 1.807) is 14.0 Å². The summed E-state index contributed by atoms with van der Waals surface area (Å²) in [7, 11) is 1.65. The average molecular weight is 297 g/mol. The minimum Gasteiger partial charge on any atom is -0.497 e. The van der Waals surface area contributed by atoms with Gasteiger partial charge in [-0.25, -0.2) is 9.97 Å². The van der Waals surface area contributed by atoms with Gasteiger partial charge in [0.1, 0.15) is 11.6 Å². The van der Waals surface area contributed by atoms with E-state index in [9.17, 15) is 4.79 Å². The van der Waals surface area contributed by atoms with Crippen molar-refractivity contribution in [3.8, 4) is 17.0 Å². The number of amides is 1. The van der Waals surface area contributed by atoms with Crippen molar-refractivity contribution >= 4 is 5.91 Å². The number of benzene rings is 1. The van der Waals surface area contributed by atoms with E-state index in [-0.39, 0.29) is 5.91 Å². The van der Waals surface area contributed by atoms with E-state index in [0.717, 1.165) is 47.1 Å². The highest BCUT2D eigenvalue weighted by atomic mass is 16.5. The van der Waals surface area contributed by atoms with Gasteiger partial charge in [0.2, 0.25) is 5.91 Å². The Hall–Kier alpha value is -2.43. The molecule has 2 aromatic rings. The van der Waals surface area contributed by atoms with Gasteiger partial charge in [0, 0.05) is 37.6 Å². The first-order valence-electron chi connectivity index (χ1n) is 7.35. The summed E-state index contributed by atoms with van der Waals surface area (Å²) >= 11 is 0. The van der Waals surface area contributed by atoms with Crippen LogP contribution in [-0.4, -0.2) is 34.4 Å². The van der Waals surface area contributed by atoms with Crippen molar-refractivity contribution in [3.63, 3.8) is 0 Å². The minimum atomic E-state index is 0.0897. The summed E-state index contributed by atoms with van der Waals surface area (Å²) in [6.45, 7) is 4.81. The highest BCUT2D eigenvalue weighted by Gasteiger charge is 2.23. The number of rotatable bonds is 2. The van der Waals surface area contributed by atoms with E-state index in [1.807, 2.05) is 36.1 Å². The van der Waals surface area contributed by atoms with Crippen molar-refractivity contribution in [1.29, 1.82) is 0 Å². The summed E-state index contributed by atoms with van der Waals surface area (Å²) in [4.78, 5) is 22.7. The second kappa shape index (κ2) is 5.75. The smallest absolute Gasteiger partial charge is 0.219 e. The molecule has 1 aliphatic rings. The number of aryl methyl sites for hydroxylation is 1. The van der Waals surface area contributed by atoms with E-state index in [2.05, 4.69) is 9.97 Å². The van der Waals surface area contributed by atoms with Crippen LogP contribution in [0.3, 0.4) is 0 Å². The van der Waals surface area contributed by atoms with Crippen LogP contribution in [0.15, 0.2) is 24.3 Å². The summed E-state index contributed by atoms with van der Waals surface area (Å²) < 4.78 is 5.20. The molecule has 0 aliphatic carbocycles. The molecule has 1 aliphatic heterocycles. The zero-order valence-electron chi connectivity index (χ0n) is 13.1. The molecule has 0 radical (unpaired) electrons. The predicted molar refractivity (Wildman–Crippen MR) is 83.6 cm³/mol. The summed E-state index contributed by atoms with van der Waals surface area (Å²) in [5.41, 5.74) is 4.04. The van der Waals surface area contributed by atoms with Crippen molar-refractivity contribution < 1.29 is 9.53 Å². The summed E-state index contributed by atoms with van der Waals surface area (Å²) in [5, 5.41) is 0. The van der Waals surface area contributed by atoms with Crippen molar-refractivity contribution in [2.24, 2.45) is 0 Å². The lowest BCUT2D eigenvalue weighted by Gasteiger charge is -2.28. The van der Waals surface area contributed by atoms with Gasteiger partial charge in [-0.2, -0.15) is 0 Å². The Morgan fingerprint density at radius 1 is 1.23 bits per heavy atom. The average Bonchev–Trinajstić information content (AvgIpc) is 2.53. The van der Waals surface area contributed by atoms with Gasteiger partial charge in [0.05, 0.1) is 18.5 Å². The lowest BCUT2D eigenvalue weighted by molar-refractivity contribution is -0.129. The van der Waals surface area contributed by atoms with Crippen molar-refractivity contribution in [2.75, 3.05) is 13.7 Å². The van der Waals surface area contributed by atoms with Gasteiger partial charge >= 0.3 is 0 Å². The van der Waals surface area contributed by atoms with Gasteiger partial charge in [-0.15, -0.1) is 0 Å². The fourth-order valence-electron chi connectivity index (χ4n) is 2.79. The Kier molecular flexibility index (Phi) is 3.79. The Morgan fingerprint density at radius 3 is 2.59 bits per heavy atom. The summed E-state index contributed by atoms with van der Waals surface area (Å²) in [6.07, 6.45) is 0.779. The van der Waals surface area contributed by atoms with Crippen LogP contribution >= 0.6 is 0 Å². The zero-order chi connectivity index (χ0) is 15.7. The summed E-state index contributed by atoms with van der Waals surface area (Å²) in [6, 6.07) is 7.83. The molecule has 22 heavy (non-hydrogen) atoms. The van der Waals surface area contributed by atoms with Crippen molar-refractivity contribution in [2.45, 2.75) is 26.8 Å². The summed E-state index contributed by atoms with van der Waals surface area (Å²) in [5.74, 6) is 1.67. The highest BCUT2D eigenvalue weighted by molar-refractivity contribution is 5.74. The number of hydrogen-bond acceptors (Lipinski definition) is 4. The third-order valence-electron chi connectivity index (χ3n) is 3.98. The van der Waals surface area contributed by atoms with Gasteiger partial charge in [-0.3, -0.25) is 4.79 Å². The first-order valence-corrected chi connectivity index (χ1v) is 7.35. The number of ether oxygens (including phenoxy) is 1. The molecule has 0 bridgehead atoms. The van der Waals surface area contributed by atoms with Crippen LogP contribution in [0.5, 0.6) is 5.75 Å². The standard InChI is InChI=1S/C17H19N3O2/c1-11-18-16-8-9-20(12(2)21)10-15(16)17(19-11)13-4-6-14(22-3)7-5-13/h4-7H,8-10H2,1-3H3. The molecule has 0 N–H and O–H groups in total. The van der Waals surface area contributed by atoms with E-state index >= 15 is 0 Å². The third kappa shape index (κ3) is 2.66. The molecule has 0 spiro atoms. The molecular formula is C17H19N3O2. The van der Waals surface area contributed by atoms with E-state index in [0.29, 0.717) is 6.54 Å². The van der Waals surface area contributed by atoms with E-state index in [4.69, 9.17) is 4.74 Å². The van der Waals surface area contributed by atoms with Crippen LogP contribution < -0.4 is 4.74 Å². The molecular weight excluding hydrogens is 278 g/mol. The number of carbonyl (C=O) groups excluding carboxylic acids is 1. The lowest BCUT2D eigenvalue weighted by atomic mass is 9.99. The maximum atomic E-state index is 11.7. The van der Waals surface area contributed by atoms with E-state index in [1.165, 1.54) is 0 Å². The van der Waals surface area contributed by atoms with Crippen molar-refractivity contribution in [1.82, 2.24) is 14.9 Å². The molecule has 2 heterocycles. The SMILES string of the molecule is COc1ccc(-c2nc(C)nc3c2CN(C(C)=O)CC3)cc1. The topological polar surface area (TPSA) is 55.3 Å². The van der Waals surface area contributed by atoms with Crippen LogP contribution in [0.1, 0.15) is 24.0 Å². The maximum absolute atomic E-state index is 11.7. The monoisotopic (exact) mass is 297 g/mol. The number of aromatic nitrogens is 2. The number of methoxy groups -OCH3 is 1. The third-order valence-corrected chi connectivity index (χ3v) is 3.98. The van der Waals surface area contributed by atoms with Gasteiger partial charge in [-0.05, 0) is 31.2 Å². The molecule has 0 unspecified atom stereocenters. The van der Waals surface area contributed by atoms with Crippen LogP contribution in [0.2, 0.25) is 0 Å². The largest absolute Gasteiger partial charge is 0.497 e. The van der Waals surface area contributed by atoms with Crippen LogP contribution in [0.25, 0.3) is 11.3 Å². The Bertz CT molecular complexity index is 711. The Labute approximate surface area is 130 Å². The molecule has 1 amide bonds. The van der Waals surface area contributed by atoms with Crippen LogP contribution in [0.4, 0.5) is 0 Å². The normalized spacial score (nSPS) is 13.7. The van der Waals surface area contributed by atoms with Crippen molar-refractivity contribution in [3.05, 3.63) is 41.3 Å². The molecule has 0 saturated carbocycles. The molecule has 0 saturated heterocycles. The van der Waals surface area contributed by atoms with E-state index < -0.39 is 0 Å². The number of hydrogen-bond donors (Lipinski definition) is 0. The first kappa shape index (κ1) is 14.5. The molecule has 5 nitrogen and oxygen atoms in total. The van der Waals surface area contributed by atoms with Gasteiger partial charge in [0.15, 0.2) is 0 Å². The number of carbonyl (C=O) groups is 1. The number of nitrogens with zero attached hydrogens (tertiary/aromatic N) is 3. The maximum Gasteiger partial charge on any atom is 0.219 e. The minimum absolute atomic E-state index is 0.0897. The molecule has 0 atom stereocenters. The number of fused-ring (bicyclic) bond motifs is 1. The van der Waals surface area contributed by atoms with Crippen LogP contribution in [-0.2, 0) is 17.8 Å². The van der Waals surface area contributed by atoms with Gasteiger partial charge in [0.25, 0.3) is 0 Å². The fraction of sp³-hybridized carbons (Fsp3) is 0.353. The quantitative estimate of drug-likeness (QED) is 0.854.